The van der Waals surface area contributed by atoms with Gasteiger partial charge in [-0.1, -0.05) is 48.5 Å². The van der Waals surface area contributed by atoms with Crippen LogP contribution in [-0.2, 0) is 17.6 Å². The molecule has 0 atom stereocenters. The number of hydrogen-bond donors (Lipinski definition) is 0. The number of likely N-dealkylation sites (tertiary alicyclic amines) is 1. The van der Waals surface area contributed by atoms with Gasteiger partial charge in [0.2, 0.25) is 5.91 Å². The number of rotatable bonds is 1. The monoisotopic (exact) mass is 291 g/mol. The van der Waals surface area contributed by atoms with Gasteiger partial charge in [0.1, 0.15) is 0 Å². The normalized spacial score (nSPS) is 18.5. The summed E-state index contributed by atoms with van der Waals surface area (Å²) in [6.07, 6.45) is 4.97. The summed E-state index contributed by atoms with van der Waals surface area (Å²) in [5.41, 5.74) is 5.43. The minimum absolute atomic E-state index is 0.0997. The van der Waals surface area contributed by atoms with E-state index in [1.54, 1.807) is 0 Å². The molecule has 112 valence electrons. The molecule has 1 heterocycles. The summed E-state index contributed by atoms with van der Waals surface area (Å²) in [5, 5.41) is 0. The summed E-state index contributed by atoms with van der Waals surface area (Å²) < 4.78 is 0. The van der Waals surface area contributed by atoms with Crippen LogP contribution in [-0.4, -0.2) is 17.4 Å². The first kappa shape index (κ1) is 13.6. The number of piperidine rings is 1. The molecule has 1 amide bonds. The van der Waals surface area contributed by atoms with Crippen molar-refractivity contribution in [3.63, 3.8) is 0 Å². The van der Waals surface area contributed by atoms with Gasteiger partial charge >= 0.3 is 0 Å². The minimum atomic E-state index is 0.0997. The van der Waals surface area contributed by atoms with Gasteiger partial charge in [0.15, 0.2) is 0 Å². The first-order chi connectivity index (χ1) is 10.8. The van der Waals surface area contributed by atoms with Crippen molar-refractivity contribution in [2.24, 2.45) is 0 Å². The molecule has 1 aliphatic heterocycles. The topological polar surface area (TPSA) is 20.3 Å². The maximum atomic E-state index is 12.6. The highest BCUT2D eigenvalue weighted by Gasteiger charge is 2.32. The molecule has 0 saturated carbocycles. The number of carbonyl (C=O) groups is 1. The molecule has 0 radical (unpaired) electrons. The van der Waals surface area contributed by atoms with E-state index < -0.39 is 0 Å². The van der Waals surface area contributed by atoms with E-state index in [0.717, 1.165) is 32.2 Å². The van der Waals surface area contributed by atoms with Crippen molar-refractivity contribution in [2.45, 2.75) is 38.1 Å². The van der Waals surface area contributed by atoms with Crippen molar-refractivity contribution in [3.8, 4) is 0 Å². The van der Waals surface area contributed by atoms with Crippen molar-refractivity contribution in [1.82, 2.24) is 4.90 Å². The molecule has 0 bridgehead atoms. The Hall–Kier alpha value is -2.09. The third kappa shape index (κ3) is 2.23. The maximum absolute atomic E-state index is 12.6. The molecule has 2 aromatic rings. The van der Waals surface area contributed by atoms with Gasteiger partial charge in [-0.3, -0.25) is 4.79 Å². The fourth-order valence-electron chi connectivity index (χ4n) is 3.93. The molecule has 2 heteroatoms. The Morgan fingerprint density at radius 1 is 0.773 bits per heavy atom. The van der Waals surface area contributed by atoms with Crippen LogP contribution >= 0.6 is 0 Å². The molecule has 1 fully saturated rings. The lowest BCUT2D eigenvalue weighted by Crippen LogP contribution is -2.39. The van der Waals surface area contributed by atoms with Gasteiger partial charge < -0.3 is 4.90 Å². The number of carbonyl (C=O) groups excluding carboxylic acids is 1. The molecule has 4 rings (SSSR count). The van der Waals surface area contributed by atoms with E-state index >= 15 is 0 Å². The highest BCUT2D eigenvalue weighted by atomic mass is 16.2. The minimum Gasteiger partial charge on any atom is -0.332 e. The van der Waals surface area contributed by atoms with Gasteiger partial charge in [-0.25, -0.2) is 0 Å². The Balaban J connectivity index is 1.89. The highest BCUT2D eigenvalue weighted by molar-refractivity contribution is 5.78. The summed E-state index contributed by atoms with van der Waals surface area (Å²) in [5.74, 6) is 0.308. The van der Waals surface area contributed by atoms with Crippen LogP contribution in [0.5, 0.6) is 0 Å². The summed E-state index contributed by atoms with van der Waals surface area (Å²) in [6.45, 7) is 0.881. The van der Waals surface area contributed by atoms with Crippen LogP contribution in [0.15, 0.2) is 48.5 Å². The summed E-state index contributed by atoms with van der Waals surface area (Å²) in [7, 11) is 0. The fraction of sp³-hybridized carbons (Fsp3) is 0.350. The molecule has 0 N–H and O–H groups in total. The molecular formula is C20H21NO. The van der Waals surface area contributed by atoms with Crippen molar-refractivity contribution >= 4 is 5.91 Å². The Kier molecular flexibility index (Phi) is 3.45. The van der Waals surface area contributed by atoms with Gasteiger partial charge in [-0.2, -0.15) is 0 Å². The van der Waals surface area contributed by atoms with Gasteiger partial charge in [0.05, 0.1) is 6.04 Å². The lowest BCUT2D eigenvalue weighted by atomic mass is 9.91. The summed E-state index contributed by atoms with van der Waals surface area (Å²) in [6, 6.07) is 17.4. The van der Waals surface area contributed by atoms with Gasteiger partial charge in [0, 0.05) is 13.0 Å². The second-order valence-corrected chi connectivity index (χ2v) is 6.34. The van der Waals surface area contributed by atoms with Crippen molar-refractivity contribution < 1.29 is 4.79 Å². The van der Waals surface area contributed by atoms with E-state index in [2.05, 4.69) is 53.4 Å². The number of fused-ring (bicyclic) bond motifs is 2. The molecule has 0 unspecified atom stereocenters. The quantitative estimate of drug-likeness (QED) is 0.780. The van der Waals surface area contributed by atoms with Gasteiger partial charge in [0.25, 0.3) is 0 Å². The van der Waals surface area contributed by atoms with Crippen molar-refractivity contribution in [1.29, 1.82) is 0 Å². The lowest BCUT2D eigenvalue weighted by molar-refractivity contribution is -0.135. The zero-order valence-electron chi connectivity index (χ0n) is 12.8. The number of amides is 1. The van der Waals surface area contributed by atoms with Gasteiger partial charge in [-0.15, -0.1) is 0 Å². The highest BCUT2D eigenvalue weighted by Crippen LogP contribution is 2.38. The number of nitrogens with zero attached hydrogens (tertiary/aromatic N) is 1. The Bertz CT molecular complexity index is 659. The van der Waals surface area contributed by atoms with E-state index in [4.69, 9.17) is 0 Å². The average molecular weight is 291 g/mol. The molecular weight excluding hydrogens is 270 g/mol. The van der Waals surface area contributed by atoms with Crippen LogP contribution in [0.4, 0.5) is 0 Å². The van der Waals surface area contributed by atoms with E-state index in [1.165, 1.54) is 22.3 Å². The number of hydrogen-bond acceptors (Lipinski definition) is 1. The third-order valence-corrected chi connectivity index (χ3v) is 5.03. The van der Waals surface area contributed by atoms with E-state index in [1.807, 2.05) is 0 Å². The zero-order chi connectivity index (χ0) is 14.9. The van der Waals surface area contributed by atoms with Crippen LogP contribution in [0, 0.1) is 0 Å². The van der Waals surface area contributed by atoms with Crippen LogP contribution in [0.2, 0.25) is 0 Å². The van der Waals surface area contributed by atoms with Crippen molar-refractivity contribution in [2.75, 3.05) is 6.54 Å². The first-order valence-electron chi connectivity index (χ1n) is 8.29. The second kappa shape index (κ2) is 5.60. The Labute approximate surface area is 131 Å². The van der Waals surface area contributed by atoms with Crippen LogP contribution in [0.3, 0.4) is 0 Å². The second-order valence-electron chi connectivity index (χ2n) is 6.34. The third-order valence-electron chi connectivity index (χ3n) is 5.03. The molecule has 1 aliphatic carbocycles. The molecule has 0 aromatic heterocycles. The van der Waals surface area contributed by atoms with Gasteiger partial charge in [-0.05, 0) is 47.9 Å². The van der Waals surface area contributed by atoms with Crippen molar-refractivity contribution in [3.05, 3.63) is 70.8 Å². The van der Waals surface area contributed by atoms with Crippen LogP contribution < -0.4 is 0 Å². The Morgan fingerprint density at radius 3 is 1.95 bits per heavy atom. The molecule has 1 saturated heterocycles. The maximum Gasteiger partial charge on any atom is 0.223 e. The number of aryl methyl sites for hydroxylation is 2. The van der Waals surface area contributed by atoms with E-state index in [9.17, 15) is 4.79 Å². The number of benzene rings is 2. The first-order valence-corrected chi connectivity index (χ1v) is 8.29. The van der Waals surface area contributed by atoms with Crippen LogP contribution in [0.1, 0.15) is 47.6 Å². The molecule has 0 spiro atoms. The van der Waals surface area contributed by atoms with Crippen LogP contribution in [0.25, 0.3) is 0 Å². The predicted molar refractivity (Wildman–Crippen MR) is 87.7 cm³/mol. The Morgan fingerprint density at radius 2 is 1.36 bits per heavy atom. The lowest BCUT2D eigenvalue weighted by Gasteiger charge is -2.36. The summed E-state index contributed by atoms with van der Waals surface area (Å²) >= 11 is 0. The molecule has 2 nitrogen and oxygen atoms in total. The van der Waals surface area contributed by atoms with E-state index in [0.29, 0.717) is 12.3 Å². The smallest absolute Gasteiger partial charge is 0.223 e. The molecule has 2 aromatic carbocycles. The predicted octanol–water partition coefficient (Wildman–Crippen LogP) is 3.89. The summed E-state index contributed by atoms with van der Waals surface area (Å²) in [4.78, 5) is 14.7. The standard InChI is InChI=1S/C20H21NO/c22-19-11-5-6-14-21(19)20-17-9-3-1-7-15(17)12-13-16-8-2-4-10-18(16)20/h1-4,7-10,20H,5-6,11-14H2. The average Bonchev–Trinajstić information content (AvgIpc) is 2.73. The van der Waals surface area contributed by atoms with E-state index in [-0.39, 0.29) is 6.04 Å². The molecule has 2 aliphatic rings. The molecule has 22 heavy (non-hydrogen) atoms. The fourth-order valence-corrected chi connectivity index (χ4v) is 3.93. The zero-order valence-corrected chi connectivity index (χ0v) is 12.8. The largest absolute Gasteiger partial charge is 0.332 e. The SMILES string of the molecule is O=C1CCCCN1C1c2ccccc2CCc2ccccc21.